The number of fused-ring (bicyclic) bond motifs is 1. The van der Waals surface area contributed by atoms with E-state index in [-0.39, 0.29) is 6.04 Å². The van der Waals surface area contributed by atoms with Crippen LogP contribution in [0.15, 0.2) is 58.9 Å². The van der Waals surface area contributed by atoms with E-state index in [4.69, 9.17) is 5.73 Å². The highest BCUT2D eigenvalue weighted by Gasteiger charge is 2.32. The lowest BCUT2D eigenvalue weighted by molar-refractivity contribution is 0.656. The van der Waals surface area contributed by atoms with Gasteiger partial charge in [-0.3, -0.25) is 0 Å². The number of nitrogens with two attached hydrogens (primary N) is 1. The van der Waals surface area contributed by atoms with E-state index >= 15 is 0 Å². The second-order valence-electron chi connectivity index (χ2n) is 5.84. The lowest BCUT2D eigenvalue weighted by Gasteiger charge is -2.38. The van der Waals surface area contributed by atoms with Gasteiger partial charge in [0.2, 0.25) is 0 Å². The van der Waals surface area contributed by atoms with Crippen molar-refractivity contribution in [2.45, 2.75) is 17.4 Å². The molecule has 2 aromatic carbocycles. The van der Waals surface area contributed by atoms with E-state index in [0.717, 1.165) is 24.2 Å². The summed E-state index contributed by atoms with van der Waals surface area (Å²) in [6, 6.07) is 17.1. The molecule has 3 aromatic rings. The number of hydrogen-bond acceptors (Lipinski definition) is 5. The number of para-hydroxylation sites is 1. The summed E-state index contributed by atoms with van der Waals surface area (Å²) < 4.78 is 0. The summed E-state index contributed by atoms with van der Waals surface area (Å²) in [5.41, 5.74) is 12.7. The molecule has 0 spiro atoms. The maximum atomic E-state index is 6.33. The third-order valence-corrected chi connectivity index (χ3v) is 6.15. The van der Waals surface area contributed by atoms with Gasteiger partial charge in [0.15, 0.2) is 0 Å². The Morgan fingerprint density at radius 1 is 1.21 bits per heavy atom. The van der Waals surface area contributed by atoms with Gasteiger partial charge < -0.3 is 10.6 Å². The molecule has 24 heavy (non-hydrogen) atoms. The third-order valence-electron chi connectivity index (χ3n) is 4.50. The quantitative estimate of drug-likeness (QED) is 0.552. The van der Waals surface area contributed by atoms with Gasteiger partial charge in [0.05, 0.1) is 22.1 Å². The second-order valence-corrected chi connectivity index (χ2v) is 7.61. The molecule has 0 aliphatic carbocycles. The van der Waals surface area contributed by atoms with Gasteiger partial charge in [0.25, 0.3) is 0 Å². The Morgan fingerprint density at radius 2 is 2.08 bits per heavy atom. The molecule has 0 radical (unpaired) electrons. The summed E-state index contributed by atoms with van der Waals surface area (Å²) in [5, 5.41) is 0. The van der Waals surface area contributed by atoms with Gasteiger partial charge in [-0.15, -0.1) is 23.1 Å². The van der Waals surface area contributed by atoms with E-state index in [2.05, 4.69) is 52.5 Å². The fraction of sp³-hybridized carbons (Fsp3) is 0.211. The van der Waals surface area contributed by atoms with E-state index in [1.165, 1.54) is 21.2 Å². The number of nitrogens with zero attached hydrogens (tertiary/aromatic N) is 2. The van der Waals surface area contributed by atoms with E-state index in [0.29, 0.717) is 0 Å². The Morgan fingerprint density at radius 3 is 2.92 bits per heavy atom. The lowest BCUT2D eigenvalue weighted by atomic mass is 9.95. The molecule has 4 rings (SSSR count). The van der Waals surface area contributed by atoms with Crippen LogP contribution in [0.5, 0.6) is 0 Å². The highest BCUT2D eigenvalue weighted by atomic mass is 32.2. The molecule has 0 bridgehead atoms. The van der Waals surface area contributed by atoms with Crippen molar-refractivity contribution >= 4 is 34.5 Å². The Hall–Kier alpha value is -1.98. The Bertz CT molecular complexity index is 859. The van der Waals surface area contributed by atoms with Crippen molar-refractivity contribution in [3.63, 3.8) is 0 Å². The lowest BCUT2D eigenvalue weighted by Crippen LogP contribution is -2.36. The average Bonchev–Trinajstić information content (AvgIpc) is 3.10. The van der Waals surface area contributed by atoms with Crippen molar-refractivity contribution < 1.29 is 0 Å². The van der Waals surface area contributed by atoms with E-state index in [9.17, 15) is 0 Å². The van der Waals surface area contributed by atoms with E-state index < -0.39 is 0 Å². The first kappa shape index (κ1) is 15.5. The molecule has 2 N–H and O–H groups in total. The van der Waals surface area contributed by atoms with Gasteiger partial charge in [-0.2, -0.15) is 0 Å². The number of benzene rings is 2. The number of nitrogen functional groups attached to an aromatic ring is 1. The number of thiazole rings is 1. The molecule has 2 heterocycles. The molecule has 1 aliphatic rings. The molecule has 122 valence electrons. The summed E-state index contributed by atoms with van der Waals surface area (Å²) in [5.74, 6) is 0. The predicted octanol–water partition coefficient (Wildman–Crippen LogP) is 4.60. The third kappa shape index (κ3) is 2.68. The first-order valence-electron chi connectivity index (χ1n) is 7.95. The van der Waals surface area contributed by atoms with Gasteiger partial charge in [0, 0.05) is 34.8 Å². The molecule has 0 fully saturated rings. The Kier molecular flexibility index (Phi) is 4.21. The summed E-state index contributed by atoms with van der Waals surface area (Å²) in [6.45, 7) is 0.952. The topological polar surface area (TPSA) is 42.2 Å². The van der Waals surface area contributed by atoms with Crippen molar-refractivity contribution in [2.24, 2.45) is 0 Å². The first-order valence-corrected chi connectivity index (χ1v) is 10.1. The average molecular weight is 354 g/mol. The van der Waals surface area contributed by atoms with Crippen molar-refractivity contribution in [3.8, 4) is 0 Å². The summed E-state index contributed by atoms with van der Waals surface area (Å²) in [7, 11) is 0. The van der Waals surface area contributed by atoms with Crippen LogP contribution >= 0.6 is 23.1 Å². The summed E-state index contributed by atoms with van der Waals surface area (Å²) >= 11 is 3.51. The summed E-state index contributed by atoms with van der Waals surface area (Å²) in [6.07, 6.45) is 3.09. The molecule has 1 atom stereocenters. The van der Waals surface area contributed by atoms with Crippen LogP contribution in [0.25, 0.3) is 0 Å². The fourth-order valence-electron chi connectivity index (χ4n) is 3.32. The van der Waals surface area contributed by atoms with Gasteiger partial charge in [-0.1, -0.05) is 24.3 Å². The fourth-order valence-corrected chi connectivity index (χ4v) is 4.74. The molecule has 0 saturated heterocycles. The van der Waals surface area contributed by atoms with Crippen LogP contribution in [0.4, 0.5) is 11.4 Å². The highest BCUT2D eigenvalue weighted by Crippen LogP contribution is 2.42. The largest absolute Gasteiger partial charge is 0.398 e. The molecular formula is C19H19N3S2. The van der Waals surface area contributed by atoms with Gasteiger partial charge in [-0.25, -0.2) is 4.98 Å². The Balaban J connectivity index is 1.85. The standard InChI is InChI=1S/C19H19N3S2/c1-23-14-6-4-5-13(11-14)22-10-9-17-19(24-12-21-17)18(22)15-7-2-3-8-16(15)20/h2-8,11-12,18H,9-10,20H2,1H3. The number of thioether (sulfide) groups is 1. The number of aromatic nitrogens is 1. The van der Waals surface area contributed by atoms with Gasteiger partial charge in [-0.05, 0) is 30.5 Å². The molecule has 1 unspecified atom stereocenters. The van der Waals surface area contributed by atoms with E-state index in [1.807, 2.05) is 17.6 Å². The normalized spacial score (nSPS) is 16.9. The second kappa shape index (κ2) is 6.49. The highest BCUT2D eigenvalue weighted by molar-refractivity contribution is 7.98. The van der Waals surface area contributed by atoms with Crippen molar-refractivity contribution in [1.29, 1.82) is 0 Å². The van der Waals surface area contributed by atoms with Crippen molar-refractivity contribution in [1.82, 2.24) is 4.98 Å². The van der Waals surface area contributed by atoms with Crippen LogP contribution in [0.1, 0.15) is 22.2 Å². The van der Waals surface area contributed by atoms with Gasteiger partial charge >= 0.3 is 0 Å². The van der Waals surface area contributed by atoms with Crippen LogP contribution in [0.2, 0.25) is 0 Å². The molecule has 1 aromatic heterocycles. The number of hydrogen-bond donors (Lipinski definition) is 1. The van der Waals surface area contributed by atoms with Crippen LogP contribution in [-0.4, -0.2) is 17.8 Å². The smallest absolute Gasteiger partial charge is 0.0926 e. The van der Waals surface area contributed by atoms with Crippen LogP contribution in [0, 0.1) is 0 Å². The molecule has 0 saturated carbocycles. The van der Waals surface area contributed by atoms with Crippen molar-refractivity contribution in [3.05, 3.63) is 70.2 Å². The first-order chi connectivity index (χ1) is 11.8. The minimum atomic E-state index is 0.138. The molecule has 0 amide bonds. The molecule has 5 heteroatoms. The minimum Gasteiger partial charge on any atom is -0.398 e. The van der Waals surface area contributed by atoms with Crippen LogP contribution in [0.3, 0.4) is 0 Å². The maximum absolute atomic E-state index is 6.33. The molecule has 1 aliphatic heterocycles. The zero-order valence-corrected chi connectivity index (χ0v) is 15.1. The SMILES string of the molecule is CSc1cccc(N2CCc3ncsc3C2c2ccccc2N)c1. The minimum absolute atomic E-state index is 0.138. The maximum Gasteiger partial charge on any atom is 0.0926 e. The van der Waals surface area contributed by atoms with Gasteiger partial charge in [0.1, 0.15) is 0 Å². The molecule has 3 nitrogen and oxygen atoms in total. The van der Waals surface area contributed by atoms with Crippen LogP contribution in [-0.2, 0) is 6.42 Å². The van der Waals surface area contributed by atoms with Crippen molar-refractivity contribution in [2.75, 3.05) is 23.4 Å². The zero-order valence-electron chi connectivity index (χ0n) is 13.5. The Labute approximate surface area is 150 Å². The van der Waals surface area contributed by atoms with E-state index in [1.54, 1.807) is 23.1 Å². The monoisotopic (exact) mass is 353 g/mol. The van der Waals surface area contributed by atoms with Crippen LogP contribution < -0.4 is 10.6 Å². The summed E-state index contributed by atoms with van der Waals surface area (Å²) in [4.78, 5) is 9.63. The number of rotatable bonds is 3. The number of anilines is 2. The zero-order chi connectivity index (χ0) is 16.5. The molecular weight excluding hydrogens is 334 g/mol. The predicted molar refractivity (Wildman–Crippen MR) is 104 cm³/mol.